The second-order valence-electron chi connectivity index (χ2n) is 5.77. The van der Waals surface area contributed by atoms with E-state index in [1.165, 1.54) is 12.1 Å². The molecular formula is C16H17FN4O3S. The summed E-state index contributed by atoms with van der Waals surface area (Å²) in [6.45, 7) is 6.66. The molecule has 0 atom stereocenters. The van der Waals surface area contributed by atoms with Crippen molar-refractivity contribution >= 4 is 15.7 Å². The van der Waals surface area contributed by atoms with Crippen LogP contribution in [0.2, 0.25) is 0 Å². The zero-order chi connectivity index (χ0) is 18.4. The number of nitrogens with zero attached hydrogens (tertiary/aromatic N) is 2. The number of aryl methyl sites for hydroxylation is 4. The lowest BCUT2D eigenvalue weighted by atomic mass is 10.2. The summed E-state index contributed by atoms with van der Waals surface area (Å²) in [6.07, 6.45) is 0. The summed E-state index contributed by atoms with van der Waals surface area (Å²) < 4.78 is 47.2. The highest BCUT2D eigenvalue weighted by molar-refractivity contribution is 7.93. The van der Waals surface area contributed by atoms with Gasteiger partial charge in [-0.1, -0.05) is 6.07 Å². The maximum Gasteiger partial charge on any atom is 0.264 e. The van der Waals surface area contributed by atoms with Crippen LogP contribution < -0.4 is 4.72 Å². The van der Waals surface area contributed by atoms with E-state index in [4.69, 9.17) is 4.42 Å². The highest BCUT2D eigenvalue weighted by Crippen LogP contribution is 2.34. The molecule has 3 rings (SSSR count). The quantitative estimate of drug-likeness (QED) is 0.740. The van der Waals surface area contributed by atoms with Crippen molar-refractivity contribution in [2.75, 3.05) is 4.72 Å². The first-order valence-corrected chi connectivity index (χ1v) is 8.96. The second kappa shape index (κ2) is 5.99. The van der Waals surface area contributed by atoms with Crippen molar-refractivity contribution in [1.82, 2.24) is 15.2 Å². The van der Waals surface area contributed by atoms with Crippen molar-refractivity contribution < 1.29 is 17.2 Å². The number of sulfonamides is 1. The molecule has 0 aliphatic rings. The van der Waals surface area contributed by atoms with Crippen molar-refractivity contribution in [1.29, 1.82) is 0 Å². The minimum absolute atomic E-state index is 0.00249. The van der Waals surface area contributed by atoms with Gasteiger partial charge in [0.1, 0.15) is 10.7 Å². The molecule has 132 valence electrons. The lowest BCUT2D eigenvalue weighted by molar-refractivity contribution is 0.531. The van der Waals surface area contributed by atoms with Crippen LogP contribution in [0.5, 0.6) is 0 Å². The van der Waals surface area contributed by atoms with Crippen LogP contribution in [0.25, 0.3) is 11.5 Å². The summed E-state index contributed by atoms with van der Waals surface area (Å²) in [5.41, 5.74) is 2.08. The number of hydrogen-bond donors (Lipinski definition) is 2. The topological polar surface area (TPSA) is 101 Å². The smallest absolute Gasteiger partial charge is 0.264 e. The molecule has 0 aliphatic carbocycles. The second-order valence-corrected chi connectivity index (χ2v) is 7.39. The molecular weight excluding hydrogens is 347 g/mol. The highest BCUT2D eigenvalue weighted by atomic mass is 32.2. The Labute approximate surface area is 144 Å². The number of aromatic amines is 1. The molecule has 0 amide bonds. The molecule has 0 aliphatic heterocycles. The first-order chi connectivity index (χ1) is 11.7. The Bertz CT molecular complexity index is 1050. The molecule has 2 aromatic heterocycles. The average molecular weight is 364 g/mol. The van der Waals surface area contributed by atoms with Gasteiger partial charge in [0.25, 0.3) is 15.9 Å². The fourth-order valence-corrected chi connectivity index (χ4v) is 4.22. The van der Waals surface area contributed by atoms with E-state index < -0.39 is 15.8 Å². The zero-order valence-electron chi connectivity index (χ0n) is 14.1. The van der Waals surface area contributed by atoms with Gasteiger partial charge in [0.05, 0.1) is 11.3 Å². The molecule has 0 saturated heterocycles. The van der Waals surface area contributed by atoms with E-state index in [0.29, 0.717) is 28.4 Å². The van der Waals surface area contributed by atoms with Crippen molar-refractivity contribution in [2.24, 2.45) is 0 Å². The van der Waals surface area contributed by atoms with Crippen LogP contribution in [0.3, 0.4) is 0 Å². The molecule has 1 aromatic carbocycles. The van der Waals surface area contributed by atoms with Crippen LogP contribution in [-0.4, -0.2) is 23.6 Å². The van der Waals surface area contributed by atoms with E-state index in [1.54, 1.807) is 27.7 Å². The molecule has 0 bridgehead atoms. The van der Waals surface area contributed by atoms with E-state index in [-0.39, 0.29) is 16.5 Å². The van der Waals surface area contributed by atoms with Crippen LogP contribution in [0, 0.1) is 33.5 Å². The minimum atomic E-state index is -4.01. The zero-order valence-corrected chi connectivity index (χ0v) is 15.0. The SMILES string of the molecule is Cc1nnc(-c2c(C)[nH]c(C)c2S(=O)(=O)Nc2cc(F)ccc2C)o1. The standard InChI is InChI=1S/C16H17FN4O3S/c1-8-5-6-12(17)7-13(8)21-25(22,23)15-10(3)18-9(2)14(15)16-20-19-11(4)24-16/h5-7,18,21H,1-4H3. The van der Waals surface area contributed by atoms with Gasteiger partial charge < -0.3 is 9.40 Å². The fourth-order valence-electron chi connectivity index (χ4n) is 2.65. The average Bonchev–Trinajstić information content (AvgIpc) is 3.05. The lowest BCUT2D eigenvalue weighted by Crippen LogP contribution is -2.15. The number of hydrogen-bond acceptors (Lipinski definition) is 5. The molecule has 0 unspecified atom stereocenters. The predicted octanol–water partition coefficient (Wildman–Crippen LogP) is 3.24. The van der Waals surface area contributed by atoms with Gasteiger partial charge in [0.2, 0.25) is 5.89 Å². The largest absolute Gasteiger partial charge is 0.421 e. The number of H-pyrrole nitrogens is 1. The third-order valence-corrected chi connectivity index (χ3v) is 5.31. The summed E-state index contributed by atoms with van der Waals surface area (Å²) in [4.78, 5) is 2.98. The van der Waals surface area contributed by atoms with E-state index in [9.17, 15) is 12.8 Å². The first-order valence-electron chi connectivity index (χ1n) is 7.47. The summed E-state index contributed by atoms with van der Waals surface area (Å²) in [5.74, 6) is -0.0979. The van der Waals surface area contributed by atoms with Gasteiger partial charge in [0, 0.05) is 18.3 Å². The van der Waals surface area contributed by atoms with Crippen molar-refractivity contribution in [3.05, 3.63) is 46.9 Å². The normalized spacial score (nSPS) is 11.7. The van der Waals surface area contributed by atoms with E-state index >= 15 is 0 Å². The van der Waals surface area contributed by atoms with Gasteiger partial charge in [0.15, 0.2) is 0 Å². The Kier molecular flexibility index (Phi) is 4.11. The number of rotatable bonds is 4. The molecule has 0 saturated carbocycles. The first kappa shape index (κ1) is 17.2. The number of aromatic nitrogens is 3. The van der Waals surface area contributed by atoms with Crippen LogP contribution in [0.15, 0.2) is 27.5 Å². The van der Waals surface area contributed by atoms with Crippen LogP contribution in [0.4, 0.5) is 10.1 Å². The Balaban J connectivity index is 2.13. The molecule has 2 heterocycles. The molecule has 2 N–H and O–H groups in total. The van der Waals surface area contributed by atoms with Gasteiger partial charge in [-0.3, -0.25) is 4.72 Å². The Hall–Kier alpha value is -2.68. The van der Waals surface area contributed by atoms with Crippen LogP contribution in [0.1, 0.15) is 22.8 Å². The van der Waals surface area contributed by atoms with Crippen LogP contribution >= 0.6 is 0 Å². The third kappa shape index (κ3) is 3.14. The van der Waals surface area contributed by atoms with E-state index in [1.807, 2.05) is 0 Å². The molecule has 25 heavy (non-hydrogen) atoms. The Morgan fingerprint density at radius 2 is 1.84 bits per heavy atom. The number of halogens is 1. The van der Waals surface area contributed by atoms with Gasteiger partial charge in [-0.15, -0.1) is 10.2 Å². The third-order valence-electron chi connectivity index (χ3n) is 3.77. The van der Waals surface area contributed by atoms with E-state index in [2.05, 4.69) is 19.9 Å². The maximum absolute atomic E-state index is 13.5. The lowest BCUT2D eigenvalue weighted by Gasteiger charge is -2.11. The minimum Gasteiger partial charge on any atom is -0.421 e. The predicted molar refractivity (Wildman–Crippen MR) is 90.2 cm³/mol. The number of anilines is 1. The van der Waals surface area contributed by atoms with Gasteiger partial charge >= 0.3 is 0 Å². The maximum atomic E-state index is 13.5. The van der Waals surface area contributed by atoms with Crippen molar-refractivity contribution in [3.63, 3.8) is 0 Å². The molecule has 3 aromatic rings. The Morgan fingerprint density at radius 1 is 1.12 bits per heavy atom. The fraction of sp³-hybridized carbons (Fsp3) is 0.250. The summed E-state index contributed by atoms with van der Waals surface area (Å²) >= 11 is 0. The molecule has 0 spiro atoms. The number of nitrogens with one attached hydrogen (secondary N) is 2. The van der Waals surface area contributed by atoms with Crippen LogP contribution in [-0.2, 0) is 10.0 Å². The summed E-state index contributed by atoms with van der Waals surface area (Å²) in [7, 11) is -4.01. The van der Waals surface area contributed by atoms with Gasteiger partial charge in [-0.05, 0) is 38.5 Å². The molecule has 9 heteroatoms. The molecule has 0 fully saturated rings. The van der Waals surface area contributed by atoms with Gasteiger partial charge in [-0.25, -0.2) is 12.8 Å². The van der Waals surface area contributed by atoms with Crippen molar-refractivity contribution in [2.45, 2.75) is 32.6 Å². The molecule has 0 radical (unpaired) electrons. The monoisotopic (exact) mass is 364 g/mol. The Morgan fingerprint density at radius 3 is 2.48 bits per heavy atom. The van der Waals surface area contributed by atoms with Gasteiger partial charge in [-0.2, -0.15) is 0 Å². The summed E-state index contributed by atoms with van der Waals surface area (Å²) in [5, 5.41) is 7.67. The molecule has 7 nitrogen and oxygen atoms in total. The van der Waals surface area contributed by atoms with Crippen molar-refractivity contribution in [3.8, 4) is 11.5 Å². The number of benzene rings is 1. The highest BCUT2D eigenvalue weighted by Gasteiger charge is 2.29. The summed E-state index contributed by atoms with van der Waals surface area (Å²) in [6, 6.07) is 3.91. The van der Waals surface area contributed by atoms with E-state index in [0.717, 1.165) is 6.07 Å².